The number of nitrogen functional groups attached to an aromatic ring is 1. The molecule has 0 fully saturated rings. The summed E-state index contributed by atoms with van der Waals surface area (Å²) in [7, 11) is 0. The lowest BCUT2D eigenvalue weighted by Gasteiger charge is -2.06. The van der Waals surface area contributed by atoms with E-state index in [9.17, 15) is 22.4 Å². The molecule has 0 aliphatic carbocycles. The van der Waals surface area contributed by atoms with Crippen LogP contribution in [0.15, 0.2) is 0 Å². The minimum absolute atomic E-state index is 0.455. The summed E-state index contributed by atoms with van der Waals surface area (Å²) in [6, 6.07) is 0. The third-order valence-electron chi connectivity index (χ3n) is 1.70. The lowest BCUT2D eigenvalue weighted by molar-refractivity contribution is 0.101. The monoisotopic (exact) mass is 285 g/mol. The van der Waals surface area contributed by atoms with E-state index in [4.69, 9.17) is 5.73 Å². The number of hydrogen-bond acceptors (Lipinski definition) is 2. The van der Waals surface area contributed by atoms with Gasteiger partial charge in [0, 0.05) is 0 Å². The molecule has 0 heterocycles. The van der Waals surface area contributed by atoms with Crippen molar-refractivity contribution < 1.29 is 22.4 Å². The standard InChI is InChI=1S/C8H4BrF4NO/c9-1-2(15)3-4(10)6(12)8(14)7(13)5(3)11/h1,14H2. The number of nitrogens with two attached hydrogens (primary N) is 1. The van der Waals surface area contributed by atoms with E-state index in [0.717, 1.165) is 0 Å². The van der Waals surface area contributed by atoms with Gasteiger partial charge in [0.2, 0.25) is 0 Å². The van der Waals surface area contributed by atoms with Crippen LogP contribution in [0.1, 0.15) is 10.4 Å². The first-order valence-electron chi connectivity index (χ1n) is 3.62. The molecule has 1 rings (SSSR count). The maximum Gasteiger partial charge on any atom is 0.185 e. The molecule has 0 spiro atoms. The predicted molar refractivity (Wildman–Crippen MR) is 48.8 cm³/mol. The number of benzene rings is 1. The summed E-state index contributed by atoms with van der Waals surface area (Å²) in [6.07, 6.45) is 0. The number of carbonyl (C=O) groups is 1. The smallest absolute Gasteiger partial charge is 0.185 e. The second kappa shape index (κ2) is 4.18. The topological polar surface area (TPSA) is 43.1 Å². The summed E-state index contributed by atoms with van der Waals surface area (Å²) >= 11 is 2.63. The maximum atomic E-state index is 13.0. The average Bonchev–Trinajstić information content (AvgIpc) is 2.23. The fourth-order valence-corrected chi connectivity index (χ4v) is 1.24. The molecule has 0 saturated carbocycles. The van der Waals surface area contributed by atoms with Crippen LogP contribution in [0.4, 0.5) is 23.2 Å². The Hall–Kier alpha value is -1.11. The molecule has 0 atom stereocenters. The van der Waals surface area contributed by atoms with Crippen LogP contribution in [-0.2, 0) is 0 Å². The highest BCUT2D eigenvalue weighted by Crippen LogP contribution is 2.26. The second-order valence-electron chi connectivity index (χ2n) is 2.60. The normalized spacial score (nSPS) is 10.5. The van der Waals surface area contributed by atoms with Gasteiger partial charge in [0.25, 0.3) is 0 Å². The van der Waals surface area contributed by atoms with Crippen LogP contribution in [0, 0.1) is 23.3 Å². The quantitative estimate of drug-likeness (QED) is 0.298. The Morgan fingerprint density at radius 3 is 1.80 bits per heavy atom. The van der Waals surface area contributed by atoms with E-state index >= 15 is 0 Å². The van der Waals surface area contributed by atoms with Crippen molar-refractivity contribution in [3.63, 3.8) is 0 Å². The van der Waals surface area contributed by atoms with E-state index in [1.807, 2.05) is 0 Å². The van der Waals surface area contributed by atoms with Gasteiger partial charge in [-0.05, 0) is 0 Å². The lowest BCUT2D eigenvalue weighted by atomic mass is 10.1. The number of anilines is 1. The Labute approximate surface area is 90.2 Å². The Kier molecular flexibility index (Phi) is 3.33. The Morgan fingerprint density at radius 1 is 1.07 bits per heavy atom. The van der Waals surface area contributed by atoms with E-state index in [1.54, 1.807) is 0 Å². The van der Waals surface area contributed by atoms with E-state index in [1.165, 1.54) is 0 Å². The molecule has 0 unspecified atom stereocenters. The van der Waals surface area contributed by atoms with E-state index in [-0.39, 0.29) is 0 Å². The van der Waals surface area contributed by atoms with Gasteiger partial charge in [0.15, 0.2) is 29.1 Å². The summed E-state index contributed by atoms with van der Waals surface area (Å²) in [5, 5.41) is -0.455. The number of Topliss-reactive ketones (excluding diaryl/α,β-unsaturated/α-hetero) is 1. The summed E-state index contributed by atoms with van der Waals surface area (Å²) in [6.45, 7) is 0. The van der Waals surface area contributed by atoms with Crippen molar-refractivity contribution in [1.82, 2.24) is 0 Å². The van der Waals surface area contributed by atoms with Crippen LogP contribution in [-0.4, -0.2) is 11.1 Å². The van der Waals surface area contributed by atoms with Gasteiger partial charge >= 0.3 is 0 Å². The third-order valence-corrected chi connectivity index (χ3v) is 2.21. The van der Waals surface area contributed by atoms with Crippen LogP contribution in [0.5, 0.6) is 0 Å². The van der Waals surface area contributed by atoms with Gasteiger partial charge < -0.3 is 5.73 Å². The molecule has 2 nitrogen and oxygen atoms in total. The maximum absolute atomic E-state index is 13.0. The number of alkyl halides is 1. The van der Waals surface area contributed by atoms with Crippen molar-refractivity contribution in [1.29, 1.82) is 0 Å². The fraction of sp³-hybridized carbons (Fsp3) is 0.125. The number of hydrogen-bond donors (Lipinski definition) is 1. The zero-order valence-electron chi connectivity index (χ0n) is 7.08. The number of halogens is 5. The second-order valence-corrected chi connectivity index (χ2v) is 3.16. The fourth-order valence-electron chi connectivity index (χ4n) is 0.960. The number of carbonyl (C=O) groups excluding carboxylic acids is 1. The van der Waals surface area contributed by atoms with E-state index < -0.39 is 45.6 Å². The van der Waals surface area contributed by atoms with Gasteiger partial charge in [-0.3, -0.25) is 4.79 Å². The SMILES string of the molecule is Nc1c(F)c(F)c(C(=O)CBr)c(F)c1F. The molecule has 0 aromatic heterocycles. The van der Waals surface area contributed by atoms with Crippen LogP contribution < -0.4 is 5.73 Å². The molecule has 1 aromatic carbocycles. The summed E-state index contributed by atoms with van der Waals surface area (Å²) in [5.41, 5.74) is 2.19. The van der Waals surface area contributed by atoms with Crippen molar-refractivity contribution >= 4 is 27.4 Å². The molecule has 0 radical (unpaired) electrons. The molecular formula is C8H4BrF4NO. The molecule has 0 aliphatic rings. The zero-order valence-corrected chi connectivity index (χ0v) is 8.67. The van der Waals surface area contributed by atoms with E-state index in [0.29, 0.717) is 0 Å². The molecule has 0 amide bonds. The highest BCUT2D eigenvalue weighted by Gasteiger charge is 2.27. The molecular weight excluding hydrogens is 282 g/mol. The van der Waals surface area contributed by atoms with E-state index in [2.05, 4.69) is 15.9 Å². The zero-order chi connectivity index (χ0) is 11.7. The van der Waals surface area contributed by atoms with Gasteiger partial charge in [-0.25, -0.2) is 17.6 Å². The highest BCUT2D eigenvalue weighted by molar-refractivity contribution is 9.09. The predicted octanol–water partition coefficient (Wildman–Crippen LogP) is 2.40. The number of rotatable bonds is 2. The Bertz CT molecular complexity index is 406. The first-order valence-corrected chi connectivity index (χ1v) is 4.74. The van der Waals surface area contributed by atoms with Gasteiger partial charge in [0.05, 0.1) is 10.9 Å². The summed E-state index contributed by atoms with van der Waals surface area (Å²) < 4.78 is 51.8. The van der Waals surface area contributed by atoms with Crippen molar-refractivity contribution in [3.8, 4) is 0 Å². The van der Waals surface area contributed by atoms with Crippen molar-refractivity contribution in [2.45, 2.75) is 0 Å². The van der Waals surface area contributed by atoms with Gasteiger partial charge in [0.1, 0.15) is 5.69 Å². The van der Waals surface area contributed by atoms with Crippen molar-refractivity contribution in [2.24, 2.45) is 0 Å². The molecule has 2 N–H and O–H groups in total. The number of ketones is 1. The van der Waals surface area contributed by atoms with Crippen LogP contribution in [0.3, 0.4) is 0 Å². The highest BCUT2D eigenvalue weighted by atomic mass is 79.9. The third kappa shape index (κ3) is 1.83. The van der Waals surface area contributed by atoms with Crippen molar-refractivity contribution in [2.75, 3.05) is 11.1 Å². The Morgan fingerprint density at radius 2 is 1.47 bits per heavy atom. The Balaban J connectivity index is 3.60. The van der Waals surface area contributed by atoms with Gasteiger partial charge in [-0.15, -0.1) is 0 Å². The minimum Gasteiger partial charge on any atom is -0.394 e. The minimum atomic E-state index is -1.78. The molecule has 0 bridgehead atoms. The molecule has 0 aliphatic heterocycles. The molecule has 7 heteroatoms. The lowest BCUT2D eigenvalue weighted by Crippen LogP contribution is -2.13. The van der Waals surface area contributed by atoms with Gasteiger partial charge in [-0.1, -0.05) is 15.9 Å². The molecule has 15 heavy (non-hydrogen) atoms. The van der Waals surface area contributed by atoms with Crippen molar-refractivity contribution in [3.05, 3.63) is 28.8 Å². The van der Waals surface area contributed by atoms with Crippen LogP contribution in [0.25, 0.3) is 0 Å². The summed E-state index contributed by atoms with van der Waals surface area (Å²) in [5.74, 6) is -8.20. The van der Waals surface area contributed by atoms with Crippen LogP contribution >= 0.6 is 15.9 Å². The van der Waals surface area contributed by atoms with Gasteiger partial charge in [-0.2, -0.15) is 0 Å². The van der Waals surface area contributed by atoms with Crippen LogP contribution in [0.2, 0.25) is 0 Å². The molecule has 1 aromatic rings. The average molecular weight is 286 g/mol. The first kappa shape index (κ1) is 12.0. The molecule has 82 valence electrons. The summed E-state index contributed by atoms with van der Waals surface area (Å²) in [4.78, 5) is 11.0. The first-order chi connectivity index (χ1) is 6.91. The largest absolute Gasteiger partial charge is 0.394 e. The molecule has 0 saturated heterocycles.